The van der Waals surface area contributed by atoms with Gasteiger partial charge in [-0.15, -0.1) is 12.4 Å². The average molecular weight is 368 g/mol. The molecular formula is C15H21ClF3N3O2. The second kappa shape index (κ2) is 8.55. The molecule has 0 spiro atoms. The second-order valence-electron chi connectivity index (χ2n) is 5.60. The third-order valence-electron chi connectivity index (χ3n) is 3.78. The number of anilines is 1. The highest BCUT2D eigenvalue weighted by molar-refractivity contribution is 5.85. The predicted octanol–water partition coefficient (Wildman–Crippen LogP) is 2.42. The number of alkyl halides is 3. The molecule has 1 heterocycles. The molecule has 136 valence electrons. The number of rotatable bonds is 5. The summed E-state index contributed by atoms with van der Waals surface area (Å²) in [5.74, 6) is -1.12. The fourth-order valence-electron chi connectivity index (χ4n) is 2.43. The molecular weight excluding hydrogens is 347 g/mol. The van der Waals surface area contributed by atoms with E-state index in [0.717, 1.165) is 38.3 Å². The molecule has 0 aromatic heterocycles. The van der Waals surface area contributed by atoms with Crippen LogP contribution < -0.4 is 10.6 Å². The standard InChI is InChI=1S/C15H20F3N3O2.ClH/c1-10(14(22)23)20-13-8-12(15(16,17)18)3-2-11(13)9-21-6-4-19-5-7-21;/h2-3,8,10,19-20H,4-7,9H2,1H3,(H,22,23);1H. The van der Waals surface area contributed by atoms with Crippen molar-refractivity contribution in [2.75, 3.05) is 31.5 Å². The number of hydrogen-bond donors (Lipinski definition) is 3. The first-order valence-electron chi connectivity index (χ1n) is 7.40. The maximum absolute atomic E-state index is 12.9. The lowest BCUT2D eigenvalue weighted by molar-refractivity contribution is -0.138. The van der Waals surface area contributed by atoms with Crippen LogP contribution in [0.25, 0.3) is 0 Å². The van der Waals surface area contributed by atoms with Gasteiger partial charge in [0.25, 0.3) is 0 Å². The van der Waals surface area contributed by atoms with Crippen molar-refractivity contribution >= 4 is 24.1 Å². The Morgan fingerprint density at radius 3 is 2.54 bits per heavy atom. The summed E-state index contributed by atoms with van der Waals surface area (Å²) in [6, 6.07) is 2.47. The lowest BCUT2D eigenvalue weighted by atomic mass is 10.1. The number of carboxylic acid groups (broad SMARTS) is 1. The summed E-state index contributed by atoms with van der Waals surface area (Å²) < 4.78 is 38.7. The monoisotopic (exact) mass is 367 g/mol. The van der Waals surface area contributed by atoms with Gasteiger partial charge in [-0.3, -0.25) is 9.69 Å². The zero-order chi connectivity index (χ0) is 17.0. The fourth-order valence-corrected chi connectivity index (χ4v) is 2.43. The highest BCUT2D eigenvalue weighted by Gasteiger charge is 2.31. The van der Waals surface area contributed by atoms with Crippen LogP contribution >= 0.6 is 12.4 Å². The van der Waals surface area contributed by atoms with E-state index in [0.29, 0.717) is 12.1 Å². The van der Waals surface area contributed by atoms with Crippen LogP contribution in [0.5, 0.6) is 0 Å². The molecule has 0 bridgehead atoms. The van der Waals surface area contributed by atoms with Crippen LogP contribution in [-0.4, -0.2) is 48.2 Å². The number of benzene rings is 1. The van der Waals surface area contributed by atoms with E-state index < -0.39 is 23.8 Å². The van der Waals surface area contributed by atoms with Crippen molar-refractivity contribution in [1.29, 1.82) is 0 Å². The topological polar surface area (TPSA) is 64.6 Å². The maximum atomic E-state index is 12.9. The van der Waals surface area contributed by atoms with Crippen LogP contribution in [-0.2, 0) is 17.5 Å². The van der Waals surface area contributed by atoms with Gasteiger partial charge in [-0.25, -0.2) is 0 Å². The maximum Gasteiger partial charge on any atom is 0.416 e. The molecule has 1 saturated heterocycles. The smallest absolute Gasteiger partial charge is 0.416 e. The minimum Gasteiger partial charge on any atom is -0.480 e. The van der Waals surface area contributed by atoms with Crippen LogP contribution in [0.4, 0.5) is 18.9 Å². The SMILES string of the molecule is CC(Nc1cc(C(F)(F)F)ccc1CN1CCNCC1)C(=O)O.Cl. The van der Waals surface area contributed by atoms with E-state index in [1.165, 1.54) is 13.0 Å². The third kappa shape index (κ3) is 5.54. The molecule has 0 aliphatic carbocycles. The largest absolute Gasteiger partial charge is 0.480 e. The Balaban J connectivity index is 0.00000288. The molecule has 24 heavy (non-hydrogen) atoms. The van der Waals surface area contributed by atoms with Gasteiger partial charge in [0, 0.05) is 38.4 Å². The molecule has 1 atom stereocenters. The number of hydrogen-bond acceptors (Lipinski definition) is 4. The van der Waals surface area contributed by atoms with E-state index in [2.05, 4.69) is 15.5 Å². The van der Waals surface area contributed by atoms with E-state index in [1.807, 2.05) is 0 Å². The minimum atomic E-state index is -4.46. The fraction of sp³-hybridized carbons (Fsp3) is 0.533. The Morgan fingerprint density at radius 2 is 2.00 bits per heavy atom. The molecule has 1 aliphatic heterocycles. The minimum absolute atomic E-state index is 0. The lowest BCUT2D eigenvalue weighted by Gasteiger charge is -2.28. The molecule has 3 N–H and O–H groups in total. The number of piperazine rings is 1. The molecule has 1 unspecified atom stereocenters. The average Bonchev–Trinajstić information content (AvgIpc) is 2.48. The van der Waals surface area contributed by atoms with E-state index in [4.69, 9.17) is 5.11 Å². The Morgan fingerprint density at radius 1 is 1.38 bits per heavy atom. The van der Waals surface area contributed by atoms with Crippen LogP contribution in [0.15, 0.2) is 18.2 Å². The Hall–Kier alpha value is -1.51. The number of halogens is 4. The zero-order valence-electron chi connectivity index (χ0n) is 13.2. The molecule has 9 heteroatoms. The van der Waals surface area contributed by atoms with Crippen LogP contribution in [0.1, 0.15) is 18.1 Å². The van der Waals surface area contributed by atoms with Crippen LogP contribution in [0.3, 0.4) is 0 Å². The van der Waals surface area contributed by atoms with E-state index in [1.54, 1.807) is 0 Å². The number of carbonyl (C=O) groups is 1. The molecule has 0 amide bonds. The van der Waals surface area contributed by atoms with Gasteiger partial charge in [0.05, 0.1) is 5.56 Å². The van der Waals surface area contributed by atoms with Gasteiger partial charge in [0.1, 0.15) is 6.04 Å². The highest BCUT2D eigenvalue weighted by Crippen LogP contribution is 2.33. The number of aliphatic carboxylic acids is 1. The summed E-state index contributed by atoms with van der Waals surface area (Å²) >= 11 is 0. The molecule has 2 rings (SSSR count). The highest BCUT2D eigenvalue weighted by atomic mass is 35.5. The molecule has 1 aliphatic rings. The van der Waals surface area contributed by atoms with Crippen molar-refractivity contribution in [2.45, 2.75) is 25.7 Å². The van der Waals surface area contributed by atoms with Crippen molar-refractivity contribution in [3.05, 3.63) is 29.3 Å². The first-order valence-corrected chi connectivity index (χ1v) is 7.40. The number of carboxylic acids is 1. The van der Waals surface area contributed by atoms with Crippen LogP contribution in [0, 0.1) is 0 Å². The predicted molar refractivity (Wildman–Crippen MR) is 87.6 cm³/mol. The van der Waals surface area contributed by atoms with Gasteiger partial charge >= 0.3 is 12.1 Å². The van der Waals surface area contributed by atoms with E-state index >= 15 is 0 Å². The summed E-state index contributed by atoms with van der Waals surface area (Å²) in [5.41, 5.74) is 0.0860. The molecule has 1 aromatic carbocycles. The van der Waals surface area contributed by atoms with Gasteiger partial charge in [0.15, 0.2) is 0 Å². The van der Waals surface area contributed by atoms with Crippen LogP contribution in [0.2, 0.25) is 0 Å². The molecule has 1 aromatic rings. The van der Waals surface area contributed by atoms with Crippen molar-refractivity contribution < 1.29 is 23.1 Å². The van der Waals surface area contributed by atoms with E-state index in [9.17, 15) is 18.0 Å². The van der Waals surface area contributed by atoms with Crippen molar-refractivity contribution in [2.24, 2.45) is 0 Å². The Bertz CT molecular complexity index is 563. The van der Waals surface area contributed by atoms with Gasteiger partial charge < -0.3 is 15.7 Å². The van der Waals surface area contributed by atoms with Crippen molar-refractivity contribution in [1.82, 2.24) is 10.2 Å². The normalized spacial score (nSPS) is 17.0. The third-order valence-corrected chi connectivity index (χ3v) is 3.78. The first-order chi connectivity index (χ1) is 10.8. The van der Waals surface area contributed by atoms with Crippen molar-refractivity contribution in [3.8, 4) is 0 Å². The van der Waals surface area contributed by atoms with Gasteiger partial charge in [-0.2, -0.15) is 13.2 Å². The lowest BCUT2D eigenvalue weighted by Crippen LogP contribution is -2.43. The summed E-state index contributed by atoms with van der Waals surface area (Å²) in [6.45, 7) is 5.14. The summed E-state index contributed by atoms with van der Waals surface area (Å²) in [5, 5.41) is 14.9. The summed E-state index contributed by atoms with van der Waals surface area (Å²) in [6.07, 6.45) is -4.46. The quantitative estimate of drug-likeness (QED) is 0.746. The molecule has 5 nitrogen and oxygen atoms in total. The Labute approximate surface area is 144 Å². The van der Waals surface area contributed by atoms with Gasteiger partial charge in [-0.1, -0.05) is 6.07 Å². The van der Waals surface area contributed by atoms with E-state index in [-0.39, 0.29) is 18.1 Å². The summed E-state index contributed by atoms with van der Waals surface area (Å²) in [4.78, 5) is 13.1. The second-order valence-corrected chi connectivity index (χ2v) is 5.60. The van der Waals surface area contributed by atoms with Gasteiger partial charge in [0.2, 0.25) is 0 Å². The number of nitrogens with one attached hydrogen (secondary N) is 2. The van der Waals surface area contributed by atoms with Crippen molar-refractivity contribution in [3.63, 3.8) is 0 Å². The number of nitrogens with zero attached hydrogens (tertiary/aromatic N) is 1. The van der Waals surface area contributed by atoms with Gasteiger partial charge in [-0.05, 0) is 24.6 Å². The Kier molecular flexibility index (Phi) is 7.31. The molecule has 0 radical (unpaired) electrons. The first kappa shape index (κ1) is 20.5. The molecule has 1 fully saturated rings. The summed E-state index contributed by atoms with van der Waals surface area (Å²) in [7, 11) is 0. The molecule has 0 saturated carbocycles. The zero-order valence-corrected chi connectivity index (χ0v) is 14.0.